The molecular formula is C14H20BNO3. The molecule has 0 amide bonds. The van der Waals surface area contributed by atoms with Crippen molar-refractivity contribution in [2.45, 2.75) is 45.8 Å². The van der Waals surface area contributed by atoms with Crippen LogP contribution in [0.2, 0.25) is 0 Å². The second-order valence-electron chi connectivity index (χ2n) is 5.87. The number of aromatic amines is 1. The molecule has 1 saturated heterocycles. The highest BCUT2D eigenvalue weighted by molar-refractivity contribution is 6.52. The van der Waals surface area contributed by atoms with E-state index in [-0.39, 0.29) is 23.9 Å². The molecule has 0 aliphatic carbocycles. The summed E-state index contributed by atoms with van der Waals surface area (Å²) in [6.45, 7) is 9.85. The molecular weight excluding hydrogens is 241 g/mol. The summed E-state index contributed by atoms with van der Waals surface area (Å²) in [6.07, 6.45) is 3.51. The van der Waals surface area contributed by atoms with E-state index in [0.717, 1.165) is 5.56 Å². The van der Waals surface area contributed by atoms with Gasteiger partial charge in [-0.15, -0.1) is 0 Å². The van der Waals surface area contributed by atoms with Crippen molar-refractivity contribution in [2.24, 2.45) is 0 Å². The second kappa shape index (κ2) is 4.65. The van der Waals surface area contributed by atoms with Gasteiger partial charge < -0.3 is 14.3 Å². The van der Waals surface area contributed by atoms with E-state index in [9.17, 15) is 4.79 Å². The van der Waals surface area contributed by atoms with Gasteiger partial charge in [0.1, 0.15) is 0 Å². The van der Waals surface area contributed by atoms with Gasteiger partial charge in [0.05, 0.1) is 11.2 Å². The lowest BCUT2D eigenvalue weighted by atomic mass is 9.89. The standard InChI is InChI=1S/C14H20BNO3/c1-10-11(7-9-16-12(10)17)6-8-15-18-13(2,3)14(4,5)19-15/h6-9H,1-5H3,(H,16,17)/b8-6+. The zero-order valence-corrected chi connectivity index (χ0v) is 12.1. The highest BCUT2D eigenvalue weighted by Gasteiger charge is 2.49. The highest BCUT2D eigenvalue weighted by atomic mass is 16.7. The van der Waals surface area contributed by atoms with Crippen molar-refractivity contribution in [1.82, 2.24) is 4.98 Å². The van der Waals surface area contributed by atoms with Gasteiger partial charge >= 0.3 is 7.12 Å². The maximum atomic E-state index is 11.5. The van der Waals surface area contributed by atoms with E-state index < -0.39 is 0 Å². The van der Waals surface area contributed by atoms with Crippen molar-refractivity contribution in [2.75, 3.05) is 0 Å². The summed E-state index contributed by atoms with van der Waals surface area (Å²) in [6, 6.07) is 1.86. The number of rotatable bonds is 2. The van der Waals surface area contributed by atoms with E-state index in [1.54, 1.807) is 13.1 Å². The summed E-state index contributed by atoms with van der Waals surface area (Å²) in [4.78, 5) is 14.1. The molecule has 0 atom stereocenters. The first-order valence-corrected chi connectivity index (χ1v) is 6.45. The lowest BCUT2D eigenvalue weighted by Crippen LogP contribution is -2.41. The van der Waals surface area contributed by atoms with Gasteiger partial charge in [-0.25, -0.2) is 0 Å². The molecule has 102 valence electrons. The molecule has 1 aliphatic rings. The fourth-order valence-corrected chi connectivity index (χ4v) is 1.90. The van der Waals surface area contributed by atoms with Crippen LogP contribution in [-0.4, -0.2) is 23.3 Å². The molecule has 19 heavy (non-hydrogen) atoms. The Labute approximate surface area is 114 Å². The molecule has 1 aromatic rings. The maximum Gasteiger partial charge on any atom is 0.487 e. The Balaban J connectivity index is 2.17. The van der Waals surface area contributed by atoms with Gasteiger partial charge in [0.15, 0.2) is 0 Å². The van der Waals surface area contributed by atoms with Crippen molar-refractivity contribution >= 4 is 13.2 Å². The monoisotopic (exact) mass is 261 g/mol. The molecule has 0 bridgehead atoms. The molecule has 0 unspecified atom stereocenters. The van der Waals surface area contributed by atoms with Gasteiger partial charge in [0.25, 0.3) is 5.56 Å². The molecule has 1 N–H and O–H groups in total. The fraction of sp³-hybridized carbons (Fsp3) is 0.500. The Hall–Kier alpha value is -1.33. The zero-order chi connectivity index (χ0) is 14.3. The van der Waals surface area contributed by atoms with Crippen LogP contribution in [0, 0.1) is 6.92 Å². The minimum absolute atomic E-state index is 0.0731. The molecule has 0 radical (unpaired) electrons. The van der Waals surface area contributed by atoms with Crippen molar-refractivity contribution in [3.05, 3.63) is 39.7 Å². The molecule has 2 rings (SSSR count). The Morgan fingerprint density at radius 1 is 1.21 bits per heavy atom. The van der Waals surface area contributed by atoms with Crippen LogP contribution in [-0.2, 0) is 9.31 Å². The van der Waals surface area contributed by atoms with Crippen LogP contribution in [0.5, 0.6) is 0 Å². The minimum atomic E-state index is -0.385. The van der Waals surface area contributed by atoms with Gasteiger partial charge in [0.2, 0.25) is 0 Å². The minimum Gasteiger partial charge on any atom is -0.400 e. The van der Waals surface area contributed by atoms with Gasteiger partial charge in [-0.05, 0) is 46.2 Å². The summed E-state index contributed by atoms with van der Waals surface area (Å²) in [7, 11) is -0.385. The van der Waals surface area contributed by atoms with Crippen LogP contribution in [0.4, 0.5) is 0 Å². The predicted molar refractivity (Wildman–Crippen MR) is 76.9 cm³/mol. The van der Waals surface area contributed by atoms with Gasteiger partial charge in [-0.2, -0.15) is 0 Å². The Morgan fingerprint density at radius 2 is 1.79 bits per heavy atom. The number of aromatic nitrogens is 1. The van der Waals surface area contributed by atoms with Crippen LogP contribution in [0.15, 0.2) is 23.0 Å². The Morgan fingerprint density at radius 3 is 2.37 bits per heavy atom. The summed E-state index contributed by atoms with van der Waals surface area (Å²) < 4.78 is 11.7. The van der Waals surface area contributed by atoms with E-state index in [2.05, 4.69) is 4.98 Å². The van der Waals surface area contributed by atoms with E-state index in [1.165, 1.54) is 0 Å². The van der Waals surface area contributed by atoms with Crippen LogP contribution in [0.1, 0.15) is 38.8 Å². The average Bonchev–Trinajstić information content (AvgIpc) is 2.50. The molecule has 0 saturated carbocycles. The van der Waals surface area contributed by atoms with Crippen molar-refractivity contribution in [3.8, 4) is 0 Å². The average molecular weight is 261 g/mol. The first kappa shape index (κ1) is 14.1. The number of H-pyrrole nitrogens is 1. The SMILES string of the molecule is Cc1c(/C=C/B2OC(C)(C)C(C)(C)O2)cc[nH]c1=O. The highest BCUT2D eigenvalue weighted by Crippen LogP contribution is 2.36. The number of hydrogen-bond acceptors (Lipinski definition) is 3. The topological polar surface area (TPSA) is 51.3 Å². The summed E-state index contributed by atoms with van der Waals surface area (Å²) >= 11 is 0. The van der Waals surface area contributed by atoms with Gasteiger partial charge in [-0.1, -0.05) is 12.1 Å². The van der Waals surface area contributed by atoms with Crippen LogP contribution < -0.4 is 5.56 Å². The van der Waals surface area contributed by atoms with E-state index >= 15 is 0 Å². The first-order chi connectivity index (χ1) is 8.73. The molecule has 4 nitrogen and oxygen atoms in total. The number of pyridine rings is 1. The number of hydrogen-bond donors (Lipinski definition) is 1. The largest absolute Gasteiger partial charge is 0.487 e. The van der Waals surface area contributed by atoms with E-state index in [1.807, 2.05) is 45.8 Å². The summed E-state index contributed by atoms with van der Waals surface area (Å²) in [5, 5.41) is 0. The molecule has 5 heteroatoms. The molecule has 1 aliphatic heterocycles. The van der Waals surface area contributed by atoms with Crippen molar-refractivity contribution < 1.29 is 9.31 Å². The zero-order valence-electron chi connectivity index (χ0n) is 12.1. The molecule has 1 aromatic heterocycles. The smallest absolute Gasteiger partial charge is 0.400 e. The molecule has 0 aromatic carbocycles. The molecule has 1 fully saturated rings. The second-order valence-corrected chi connectivity index (χ2v) is 5.87. The molecule has 0 spiro atoms. The van der Waals surface area contributed by atoms with Gasteiger partial charge in [0, 0.05) is 11.8 Å². The summed E-state index contributed by atoms with van der Waals surface area (Å²) in [5.74, 6) is 1.85. The van der Waals surface area contributed by atoms with E-state index in [4.69, 9.17) is 9.31 Å². The lowest BCUT2D eigenvalue weighted by Gasteiger charge is -2.32. The van der Waals surface area contributed by atoms with Crippen LogP contribution in [0.25, 0.3) is 6.08 Å². The predicted octanol–water partition coefficient (Wildman–Crippen LogP) is 2.33. The third-order valence-electron chi connectivity index (χ3n) is 3.96. The van der Waals surface area contributed by atoms with E-state index in [0.29, 0.717) is 5.56 Å². The third kappa shape index (κ3) is 2.67. The first-order valence-electron chi connectivity index (χ1n) is 6.45. The normalized spacial score (nSPS) is 21.2. The number of nitrogens with one attached hydrogen (secondary N) is 1. The van der Waals surface area contributed by atoms with Crippen molar-refractivity contribution in [1.29, 1.82) is 0 Å². The Bertz CT molecular complexity index is 544. The van der Waals surface area contributed by atoms with Crippen LogP contribution in [0.3, 0.4) is 0 Å². The Kier molecular flexibility index (Phi) is 3.45. The fourth-order valence-electron chi connectivity index (χ4n) is 1.90. The third-order valence-corrected chi connectivity index (χ3v) is 3.96. The van der Waals surface area contributed by atoms with Crippen molar-refractivity contribution in [3.63, 3.8) is 0 Å². The van der Waals surface area contributed by atoms with Gasteiger partial charge in [-0.3, -0.25) is 4.79 Å². The quantitative estimate of drug-likeness (QED) is 0.831. The molecule has 2 heterocycles. The van der Waals surface area contributed by atoms with Crippen LogP contribution >= 0.6 is 0 Å². The maximum absolute atomic E-state index is 11.5. The summed E-state index contributed by atoms with van der Waals surface area (Å²) in [5.41, 5.74) is 0.806. The lowest BCUT2D eigenvalue weighted by molar-refractivity contribution is 0.00578.